The fraction of sp³-hybridized carbons (Fsp3) is 0.250. The van der Waals surface area contributed by atoms with Gasteiger partial charge in [0.2, 0.25) is 10.0 Å². The summed E-state index contributed by atoms with van der Waals surface area (Å²) in [6.45, 7) is 1.28. The van der Waals surface area contributed by atoms with E-state index in [1.54, 1.807) is 0 Å². The van der Waals surface area contributed by atoms with Crippen molar-refractivity contribution in [2.24, 2.45) is 7.05 Å². The maximum Gasteiger partial charge on any atom is 0.436 e. The minimum Gasteiger partial charge on any atom is -0.496 e. The number of ether oxygens (including phenoxy) is 1. The average molecular weight is 475 g/mol. The molecule has 1 atom stereocenters. The fourth-order valence-corrected chi connectivity index (χ4v) is 4.59. The van der Waals surface area contributed by atoms with E-state index in [1.807, 2.05) is 4.72 Å². The van der Waals surface area contributed by atoms with Crippen LogP contribution >= 0.6 is 0 Å². The second-order valence-corrected chi connectivity index (χ2v) is 8.62. The van der Waals surface area contributed by atoms with E-state index in [4.69, 9.17) is 4.74 Å². The van der Waals surface area contributed by atoms with Gasteiger partial charge in [-0.25, -0.2) is 21.9 Å². The van der Waals surface area contributed by atoms with Crippen LogP contribution in [-0.4, -0.2) is 25.3 Å². The van der Waals surface area contributed by atoms with Crippen LogP contribution in [0.1, 0.15) is 24.2 Å². The van der Waals surface area contributed by atoms with Gasteiger partial charge in [0.15, 0.2) is 5.69 Å². The first-order valence-electron chi connectivity index (χ1n) is 9.10. The summed E-state index contributed by atoms with van der Waals surface area (Å²) in [4.78, 5) is -1.07. The quantitative estimate of drug-likeness (QED) is 0.536. The molecule has 2 aromatic carbocycles. The van der Waals surface area contributed by atoms with Gasteiger partial charge in [-0.1, -0.05) is 12.1 Å². The first-order valence-corrected chi connectivity index (χ1v) is 10.6. The van der Waals surface area contributed by atoms with Crippen molar-refractivity contribution in [3.63, 3.8) is 0 Å². The summed E-state index contributed by atoms with van der Waals surface area (Å²) < 4.78 is 101. The van der Waals surface area contributed by atoms with E-state index >= 15 is 0 Å². The van der Waals surface area contributed by atoms with Crippen molar-refractivity contribution >= 4 is 10.0 Å². The number of hydrogen-bond donors (Lipinski definition) is 1. The molecule has 172 valence electrons. The highest BCUT2D eigenvalue weighted by Crippen LogP contribution is 2.35. The third kappa shape index (κ3) is 4.75. The number of aromatic nitrogens is 2. The molecule has 0 aliphatic carbocycles. The maximum atomic E-state index is 14.8. The van der Waals surface area contributed by atoms with E-state index in [1.165, 1.54) is 38.3 Å². The summed E-state index contributed by atoms with van der Waals surface area (Å²) in [6, 6.07) is 6.23. The largest absolute Gasteiger partial charge is 0.496 e. The normalized spacial score (nSPS) is 13.2. The summed E-state index contributed by atoms with van der Waals surface area (Å²) in [5.74, 6) is -1.11. The molecule has 1 unspecified atom stereocenters. The molecule has 0 radical (unpaired) electrons. The van der Waals surface area contributed by atoms with Gasteiger partial charge in [-0.15, -0.1) is 0 Å². The van der Waals surface area contributed by atoms with E-state index in [9.17, 15) is 30.4 Å². The van der Waals surface area contributed by atoms with Gasteiger partial charge in [-0.05, 0) is 36.8 Å². The van der Waals surface area contributed by atoms with Crippen LogP contribution in [0.2, 0.25) is 0 Å². The van der Waals surface area contributed by atoms with Crippen molar-refractivity contribution in [2.45, 2.75) is 24.0 Å². The second kappa shape index (κ2) is 8.51. The number of hydrogen-bond acceptors (Lipinski definition) is 4. The lowest BCUT2D eigenvalue weighted by Gasteiger charge is -2.17. The van der Waals surface area contributed by atoms with Crippen molar-refractivity contribution in [3.8, 4) is 16.9 Å². The molecule has 0 saturated carbocycles. The molecule has 6 nitrogen and oxygen atoms in total. The lowest BCUT2D eigenvalue weighted by Crippen LogP contribution is -2.29. The number of nitrogens with zero attached hydrogens (tertiary/aromatic N) is 2. The zero-order valence-corrected chi connectivity index (χ0v) is 17.9. The zero-order chi connectivity index (χ0) is 23.8. The van der Waals surface area contributed by atoms with E-state index < -0.39 is 44.5 Å². The highest BCUT2D eigenvalue weighted by Gasteiger charge is 2.41. The van der Waals surface area contributed by atoms with Gasteiger partial charge in [0.05, 0.1) is 7.11 Å². The first kappa shape index (κ1) is 23.7. The van der Waals surface area contributed by atoms with Crippen molar-refractivity contribution in [2.75, 3.05) is 7.11 Å². The monoisotopic (exact) mass is 475 g/mol. The number of nitrogens with one attached hydrogen (secondary N) is 1. The first-order chi connectivity index (χ1) is 14.8. The predicted octanol–water partition coefficient (Wildman–Crippen LogP) is 4.43. The fourth-order valence-electron chi connectivity index (χ4n) is 3.17. The molecular formula is C20H18F5N3O3S. The van der Waals surface area contributed by atoms with Crippen molar-refractivity contribution in [1.82, 2.24) is 14.5 Å². The van der Waals surface area contributed by atoms with Crippen LogP contribution in [0.25, 0.3) is 11.1 Å². The molecule has 3 rings (SSSR count). The number of sulfonamides is 1. The molecule has 12 heteroatoms. The highest BCUT2D eigenvalue weighted by molar-refractivity contribution is 7.89. The summed E-state index contributed by atoms with van der Waals surface area (Å²) in [5, 5.41) is 3.17. The number of alkyl halides is 3. The molecule has 1 aromatic heterocycles. The van der Waals surface area contributed by atoms with Crippen LogP contribution in [0.15, 0.2) is 47.5 Å². The van der Waals surface area contributed by atoms with Crippen molar-refractivity contribution in [3.05, 3.63) is 65.5 Å². The number of rotatable bonds is 6. The highest BCUT2D eigenvalue weighted by atomic mass is 32.2. The smallest absolute Gasteiger partial charge is 0.436 e. The molecule has 0 saturated heterocycles. The van der Waals surface area contributed by atoms with Gasteiger partial charge in [0.25, 0.3) is 0 Å². The second-order valence-electron chi connectivity index (χ2n) is 6.94. The molecule has 0 spiro atoms. The lowest BCUT2D eigenvalue weighted by molar-refractivity contribution is -0.143. The van der Waals surface area contributed by atoms with Gasteiger partial charge in [0, 0.05) is 30.4 Å². The minimum absolute atomic E-state index is 0.120. The standard InChI is InChI=1S/C20H18F5N3O3S/c1-11(27-32(29,30)18-10-28(2)26-19(18)20(23,24)25)14-6-4-12(8-16(14)22)15-9-13(21)5-7-17(15)31-3/h4-11,27H,1-3H3. The van der Waals surface area contributed by atoms with Gasteiger partial charge < -0.3 is 4.74 Å². The van der Waals surface area contributed by atoms with Crippen molar-refractivity contribution < 1.29 is 35.1 Å². The van der Waals surface area contributed by atoms with E-state index in [0.717, 1.165) is 23.9 Å². The van der Waals surface area contributed by atoms with Gasteiger partial charge in [-0.2, -0.15) is 18.3 Å². The molecule has 0 amide bonds. The number of aryl methyl sites for hydroxylation is 1. The third-order valence-corrected chi connectivity index (χ3v) is 6.17. The summed E-state index contributed by atoms with van der Waals surface area (Å²) in [5.41, 5.74) is -1.15. The lowest BCUT2D eigenvalue weighted by atomic mass is 10.00. The number of methoxy groups -OCH3 is 1. The van der Waals surface area contributed by atoms with Crippen molar-refractivity contribution in [1.29, 1.82) is 0 Å². The minimum atomic E-state index is -4.99. The van der Waals surface area contributed by atoms with Crippen LogP contribution in [0.5, 0.6) is 5.75 Å². The molecule has 0 bridgehead atoms. The Hall–Kier alpha value is -2.99. The molecular weight excluding hydrogens is 457 g/mol. The van der Waals surface area contributed by atoms with Gasteiger partial charge in [-0.3, -0.25) is 4.68 Å². The molecule has 1 N–H and O–H groups in total. The Morgan fingerprint density at radius 1 is 1.12 bits per heavy atom. The molecule has 0 aliphatic heterocycles. The van der Waals surface area contributed by atoms with E-state index in [0.29, 0.717) is 11.9 Å². The molecule has 3 aromatic rings. The van der Waals surface area contributed by atoms with E-state index in [2.05, 4.69) is 5.10 Å². The predicted molar refractivity (Wildman–Crippen MR) is 105 cm³/mol. The third-order valence-electron chi connectivity index (χ3n) is 4.62. The van der Waals surface area contributed by atoms with Gasteiger partial charge in [0.1, 0.15) is 22.3 Å². The average Bonchev–Trinajstić information content (AvgIpc) is 3.11. The summed E-state index contributed by atoms with van der Waals surface area (Å²) >= 11 is 0. The topological polar surface area (TPSA) is 73.2 Å². The van der Waals surface area contributed by atoms with Crippen LogP contribution in [0, 0.1) is 11.6 Å². The zero-order valence-electron chi connectivity index (χ0n) is 17.0. The Kier molecular flexibility index (Phi) is 6.29. The summed E-state index contributed by atoms with van der Waals surface area (Å²) in [7, 11) is -2.17. The number of halogens is 5. The molecule has 1 heterocycles. The number of benzene rings is 2. The van der Waals surface area contributed by atoms with Crippen LogP contribution in [0.3, 0.4) is 0 Å². The van der Waals surface area contributed by atoms with Crippen LogP contribution in [-0.2, 0) is 23.2 Å². The molecule has 0 fully saturated rings. The Labute approximate surface area is 180 Å². The van der Waals surface area contributed by atoms with Crippen LogP contribution in [0.4, 0.5) is 22.0 Å². The SMILES string of the molecule is COc1ccc(F)cc1-c1ccc(C(C)NS(=O)(=O)c2cn(C)nc2C(F)(F)F)c(F)c1. The van der Waals surface area contributed by atoms with Gasteiger partial charge >= 0.3 is 6.18 Å². The Balaban J connectivity index is 1.93. The molecule has 0 aliphatic rings. The Morgan fingerprint density at radius 2 is 1.81 bits per heavy atom. The molecule has 32 heavy (non-hydrogen) atoms. The van der Waals surface area contributed by atoms with Crippen LogP contribution < -0.4 is 9.46 Å². The maximum absolute atomic E-state index is 14.8. The summed E-state index contributed by atoms with van der Waals surface area (Å²) in [6.07, 6.45) is -4.28. The Bertz CT molecular complexity index is 1260. The Morgan fingerprint density at radius 3 is 2.41 bits per heavy atom. The van der Waals surface area contributed by atoms with E-state index in [-0.39, 0.29) is 16.7 Å².